The molecule has 0 aliphatic carbocycles. The zero-order chi connectivity index (χ0) is 7.61. The molecule has 1 aliphatic rings. The Bertz CT molecular complexity index is 124. The van der Waals surface area contributed by atoms with Crippen LogP contribution in [0.2, 0.25) is 0 Å². The van der Waals surface area contributed by atoms with Gasteiger partial charge < -0.3 is 15.4 Å². The van der Waals surface area contributed by atoms with E-state index in [4.69, 9.17) is 0 Å². The summed E-state index contributed by atoms with van der Waals surface area (Å²) in [6, 6.07) is 0.00743. The molecule has 0 saturated carbocycles. The van der Waals surface area contributed by atoms with E-state index in [0.29, 0.717) is 0 Å². The molecule has 3 heteroatoms. The molecule has 1 fully saturated rings. The molecule has 0 aromatic carbocycles. The molecule has 0 amide bonds. The van der Waals surface area contributed by atoms with Crippen LogP contribution in [-0.2, 0) is 4.79 Å². The Morgan fingerprint density at radius 3 is 2.70 bits per heavy atom. The van der Waals surface area contributed by atoms with Crippen LogP contribution in [0.15, 0.2) is 0 Å². The van der Waals surface area contributed by atoms with Crippen molar-refractivity contribution < 1.29 is 4.79 Å². The first-order valence-corrected chi connectivity index (χ1v) is 3.58. The summed E-state index contributed by atoms with van der Waals surface area (Å²) in [5.74, 6) is 0. The highest BCUT2D eigenvalue weighted by molar-refractivity contribution is 5.58. The summed E-state index contributed by atoms with van der Waals surface area (Å²) < 4.78 is 0. The van der Waals surface area contributed by atoms with E-state index >= 15 is 0 Å². The van der Waals surface area contributed by atoms with Crippen molar-refractivity contribution in [1.82, 2.24) is 10.6 Å². The van der Waals surface area contributed by atoms with Crippen molar-refractivity contribution in [1.29, 1.82) is 0 Å². The maximum atomic E-state index is 10.3. The summed E-state index contributed by atoms with van der Waals surface area (Å²) in [5, 5.41) is 6.39. The lowest BCUT2D eigenvalue weighted by atomic mass is 10.0. The van der Waals surface area contributed by atoms with Gasteiger partial charge in [0.15, 0.2) is 0 Å². The molecule has 0 radical (unpaired) electrons. The number of hydrogen-bond acceptors (Lipinski definition) is 3. The standard InChI is InChI=1S/C7H14N2O/c1-7(2)5-8-6(4-10)3-9-7/h4,6,8-9H,3,5H2,1-2H3. The lowest BCUT2D eigenvalue weighted by Gasteiger charge is -2.34. The maximum Gasteiger partial charge on any atom is 0.138 e. The number of carbonyl (C=O) groups excluding carboxylic acids is 1. The normalized spacial score (nSPS) is 31.6. The molecule has 1 atom stereocenters. The molecular formula is C7H14N2O. The lowest BCUT2D eigenvalue weighted by Crippen LogP contribution is -2.60. The third-order valence-corrected chi connectivity index (χ3v) is 1.77. The van der Waals surface area contributed by atoms with Gasteiger partial charge in [0, 0.05) is 18.6 Å². The Kier molecular flexibility index (Phi) is 2.06. The number of piperazine rings is 1. The lowest BCUT2D eigenvalue weighted by molar-refractivity contribution is -0.110. The van der Waals surface area contributed by atoms with Crippen LogP contribution < -0.4 is 10.6 Å². The quantitative estimate of drug-likeness (QED) is 0.486. The van der Waals surface area contributed by atoms with Crippen LogP contribution in [0.5, 0.6) is 0 Å². The predicted octanol–water partition coefficient (Wildman–Crippen LogP) is -0.475. The molecule has 10 heavy (non-hydrogen) atoms. The van der Waals surface area contributed by atoms with Crippen LogP contribution in [0.25, 0.3) is 0 Å². The Morgan fingerprint density at radius 2 is 2.30 bits per heavy atom. The van der Waals surface area contributed by atoms with Gasteiger partial charge in [0.05, 0.1) is 6.04 Å². The zero-order valence-corrected chi connectivity index (χ0v) is 6.48. The second kappa shape index (κ2) is 2.68. The van der Waals surface area contributed by atoms with Crippen LogP contribution >= 0.6 is 0 Å². The van der Waals surface area contributed by atoms with Crippen LogP contribution in [0.4, 0.5) is 0 Å². The Labute approximate surface area is 61.2 Å². The topological polar surface area (TPSA) is 41.1 Å². The number of nitrogens with one attached hydrogen (secondary N) is 2. The van der Waals surface area contributed by atoms with E-state index in [-0.39, 0.29) is 11.6 Å². The number of rotatable bonds is 1. The van der Waals surface area contributed by atoms with Crippen molar-refractivity contribution in [2.45, 2.75) is 25.4 Å². The molecule has 58 valence electrons. The van der Waals surface area contributed by atoms with E-state index in [1.807, 2.05) is 0 Å². The minimum atomic E-state index is 0.00743. The largest absolute Gasteiger partial charge is 0.309 e. The average molecular weight is 142 g/mol. The Hall–Kier alpha value is -0.410. The fraction of sp³-hybridized carbons (Fsp3) is 0.857. The van der Waals surface area contributed by atoms with Crippen molar-refractivity contribution in [3.63, 3.8) is 0 Å². The Morgan fingerprint density at radius 1 is 1.60 bits per heavy atom. The Balaban J connectivity index is 2.38. The number of aldehydes is 1. The SMILES string of the molecule is CC1(C)CNC(C=O)CN1. The van der Waals surface area contributed by atoms with Gasteiger partial charge in [-0.1, -0.05) is 0 Å². The van der Waals surface area contributed by atoms with Gasteiger partial charge in [-0.15, -0.1) is 0 Å². The highest BCUT2D eigenvalue weighted by Gasteiger charge is 2.24. The molecule has 1 rings (SSSR count). The molecule has 1 saturated heterocycles. The first-order valence-electron chi connectivity index (χ1n) is 3.58. The summed E-state index contributed by atoms with van der Waals surface area (Å²) in [4.78, 5) is 10.3. The third kappa shape index (κ3) is 1.78. The van der Waals surface area contributed by atoms with Crippen LogP contribution in [0, 0.1) is 0 Å². The van der Waals surface area contributed by atoms with E-state index in [9.17, 15) is 4.79 Å². The highest BCUT2D eigenvalue weighted by atomic mass is 16.1. The van der Waals surface area contributed by atoms with Crippen LogP contribution in [-0.4, -0.2) is 31.0 Å². The summed E-state index contributed by atoms with van der Waals surface area (Å²) in [6.45, 7) is 5.83. The van der Waals surface area contributed by atoms with E-state index in [2.05, 4.69) is 24.5 Å². The van der Waals surface area contributed by atoms with Gasteiger partial charge >= 0.3 is 0 Å². The smallest absolute Gasteiger partial charge is 0.138 e. The number of hydrogen-bond donors (Lipinski definition) is 2. The van der Waals surface area contributed by atoms with Crippen molar-refractivity contribution in [2.24, 2.45) is 0 Å². The average Bonchev–Trinajstić information content (AvgIpc) is 1.88. The minimum absolute atomic E-state index is 0.00743. The molecule has 0 aromatic rings. The summed E-state index contributed by atoms with van der Waals surface area (Å²) in [7, 11) is 0. The highest BCUT2D eigenvalue weighted by Crippen LogP contribution is 2.03. The molecule has 0 spiro atoms. The van der Waals surface area contributed by atoms with Crippen molar-refractivity contribution in [2.75, 3.05) is 13.1 Å². The fourth-order valence-corrected chi connectivity index (χ4v) is 1.00. The van der Waals surface area contributed by atoms with Gasteiger partial charge in [0.25, 0.3) is 0 Å². The molecule has 1 unspecified atom stereocenters. The predicted molar refractivity (Wildman–Crippen MR) is 39.9 cm³/mol. The maximum absolute atomic E-state index is 10.3. The van der Waals surface area contributed by atoms with Crippen molar-refractivity contribution in [3.8, 4) is 0 Å². The van der Waals surface area contributed by atoms with Gasteiger partial charge in [0.1, 0.15) is 6.29 Å². The van der Waals surface area contributed by atoms with Gasteiger partial charge in [-0.25, -0.2) is 0 Å². The van der Waals surface area contributed by atoms with E-state index in [1.165, 1.54) is 0 Å². The first kappa shape index (κ1) is 7.69. The van der Waals surface area contributed by atoms with Gasteiger partial charge in [-0.2, -0.15) is 0 Å². The van der Waals surface area contributed by atoms with Crippen molar-refractivity contribution >= 4 is 6.29 Å². The molecule has 0 bridgehead atoms. The van der Waals surface area contributed by atoms with E-state index < -0.39 is 0 Å². The van der Waals surface area contributed by atoms with Crippen molar-refractivity contribution in [3.05, 3.63) is 0 Å². The molecule has 2 N–H and O–H groups in total. The molecule has 1 aliphatic heterocycles. The van der Waals surface area contributed by atoms with E-state index in [0.717, 1.165) is 19.4 Å². The molecule has 0 aromatic heterocycles. The third-order valence-electron chi connectivity index (χ3n) is 1.77. The van der Waals surface area contributed by atoms with Crippen LogP contribution in [0.1, 0.15) is 13.8 Å². The minimum Gasteiger partial charge on any atom is -0.309 e. The van der Waals surface area contributed by atoms with Crippen LogP contribution in [0.3, 0.4) is 0 Å². The summed E-state index contributed by atoms with van der Waals surface area (Å²) in [6.07, 6.45) is 0.947. The van der Waals surface area contributed by atoms with Gasteiger partial charge in [-0.3, -0.25) is 0 Å². The summed E-state index contributed by atoms with van der Waals surface area (Å²) >= 11 is 0. The molecule has 1 heterocycles. The second-order valence-electron chi connectivity index (χ2n) is 3.39. The van der Waals surface area contributed by atoms with Gasteiger partial charge in [-0.05, 0) is 13.8 Å². The second-order valence-corrected chi connectivity index (χ2v) is 3.39. The van der Waals surface area contributed by atoms with Gasteiger partial charge in [0.2, 0.25) is 0 Å². The molecular weight excluding hydrogens is 128 g/mol. The number of carbonyl (C=O) groups is 1. The first-order chi connectivity index (χ1) is 4.64. The van der Waals surface area contributed by atoms with E-state index in [1.54, 1.807) is 0 Å². The fourth-order valence-electron chi connectivity index (χ4n) is 1.00. The summed E-state index contributed by atoms with van der Waals surface area (Å²) in [5.41, 5.74) is 0.138. The zero-order valence-electron chi connectivity index (χ0n) is 6.48. The molecule has 3 nitrogen and oxygen atoms in total. The monoisotopic (exact) mass is 142 g/mol.